The Labute approximate surface area is 230 Å². The first kappa shape index (κ1) is 24.5. The molecule has 37 heavy (non-hydrogen) atoms. The molecule has 2 aliphatic rings. The van der Waals surface area contributed by atoms with Gasteiger partial charge in [0.15, 0.2) is 0 Å². The van der Waals surface area contributed by atoms with E-state index in [0.29, 0.717) is 55.4 Å². The number of halogens is 3. The lowest BCUT2D eigenvalue weighted by Crippen LogP contribution is -2.20. The molecule has 0 amide bonds. The van der Waals surface area contributed by atoms with Crippen LogP contribution in [0.15, 0.2) is 65.2 Å². The molecular formula is C30H24Cl3NO3. The minimum Gasteiger partial charge on any atom is -0.489 e. The molecule has 0 radical (unpaired) electrons. The molecule has 0 unspecified atom stereocenters. The summed E-state index contributed by atoms with van der Waals surface area (Å²) in [6.45, 7) is 0.282. The van der Waals surface area contributed by atoms with Crippen LogP contribution in [0.4, 0.5) is 0 Å². The smallest absolute Gasteiger partial charge is 0.150 e. The van der Waals surface area contributed by atoms with Gasteiger partial charge < -0.3 is 9.26 Å². The lowest BCUT2D eigenvalue weighted by molar-refractivity contribution is 0.112. The van der Waals surface area contributed by atoms with Crippen LogP contribution < -0.4 is 4.74 Å². The Bertz CT molecular complexity index is 1430. The van der Waals surface area contributed by atoms with E-state index in [-0.39, 0.29) is 6.61 Å². The highest BCUT2D eigenvalue weighted by molar-refractivity contribution is 6.39. The van der Waals surface area contributed by atoms with Gasteiger partial charge in [0.2, 0.25) is 0 Å². The number of aromatic nitrogens is 1. The average molecular weight is 553 g/mol. The zero-order valence-electron chi connectivity index (χ0n) is 19.9. The van der Waals surface area contributed by atoms with Gasteiger partial charge in [-0.2, -0.15) is 0 Å². The van der Waals surface area contributed by atoms with Crippen LogP contribution in [-0.2, 0) is 6.61 Å². The molecule has 0 saturated heterocycles. The Kier molecular flexibility index (Phi) is 6.74. The molecule has 2 saturated carbocycles. The highest BCUT2D eigenvalue weighted by Gasteiger charge is 2.34. The molecule has 4 aromatic rings. The maximum absolute atomic E-state index is 10.9. The Morgan fingerprint density at radius 3 is 2.27 bits per heavy atom. The van der Waals surface area contributed by atoms with E-state index >= 15 is 0 Å². The summed E-state index contributed by atoms with van der Waals surface area (Å²) in [7, 11) is 0. The van der Waals surface area contributed by atoms with E-state index in [9.17, 15) is 4.79 Å². The predicted molar refractivity (Wildman–Crippen MR) is 146 cm³/mol. The first-order valence-corrected chi connectivity index (χ1v) is 13.6. The predicted octanol–water partition coefficient (Wildman–Crippen LogP) is 9.23. The van der Waals surface area contributed by atoms with Crippen molar-refractivity contribution >= 4 is 41.1 Å². The minimum absolute atomic E-state index is 0.282. The van der Waals surface area contributed by atoms with Crippen molar-refractivity contribution in [1.29, 1.82) is 0 Å². The zero-order valence-corrected chi connectivity index (χ0v) is 22.2. The van der Waals surface area contributed by atoms with E-state index in [1.807, 2.05) is 42.5 Å². The third-order valence-electron chi connectivity index (χ3n) is 7.44. The normalized spacial score (nSPS) is 18.9. The summed E-state index contributed by atoms with van der Waals surface area (Å²) in [4.78, 5) is 10.9. The van der Waals surface area contributed by atoms with E-state index in [1.54, 1.807) is 12.1 Å². The maximum Gasteiger partial charge on any atom is 0.150 e. The van der Waals surface area contributed by atoms with E-state index < -0.39 is 0 Å². The van der Waals surface area contributed by atoms with Gasteiger partial charge in [-0.3, -0.25) is 4.79 Å². The van der Waals surface area contributed by atoms with Gasteiger partial charge in [0.25, 0.3) is 0 Å². The molecular weight excluding hydrogens is 529 g/mol. The fourth-order valence-electron chi connectivity index (χ4n) is 5.12. The second-order valence-corrected chi connectivity index (χ2v) is 11.1. The average Bonchev–Trinajstić information content (AvgIpc) is 3.63. The van der Waals surface area contributed by atoms with Crippen molar-refractivity contribution in [2.45, 2.75) is 50.0 Å². The lowest BCUT2D eigenvalue weighted by Gasteiger charge is -2.36. The third kappa shape index (κ3) is 4.90. The van der Waals surface area contributed by atoms with Gasteiger partial charge in [0.05, 0.1) is 15.6 Å². The summed E-state index contributed by atoms with van der Waals surface area (Å²) in [5, 5.41) is 6.08. The molecule has 7 heteroatoms. The van der Waals surface area contributed by atoms with Crippen molar-refractivity contribution in [3.63, 3.8) is 0 Å². The van der Waals surface area contributed by atoms with Crippen molar-refractivity contribution < 1.29 is 14.1 Å². The molecule has 0 aliphatic heterocycles. The van der Waals surface area contributed by atoms with Crippen LogP contribution in [0.1, 0.15) is 76.2 Å². The summed E-state index contributed by atoms with van der Waals surface area (Å²) in [6.07, 6.45) is 5.09. The van der Waals surface area contributed by atoms with Crippen LogP contribution in [0, 0.1) is 0 Å². The molecule has 3 aromatic carbocycles. The summed E-state index contributed by atoms with van der Waals surface area (Å²) >= 11 is 19.6. The zero-order chi connectivity index (χ0) is 25.5. The SMILES string of the molecule is O=Cc1ccc(C2CC(c3ccc(OCc4c(-c5c(Cl)cccc5Cl)noc4C4CC4)cc3Cl)C2)cc1. The van der Waals surface area contributed by atoms with E-state index in [2.05, 4.69) is 11.2 Å². The molecule has 0 N–H and O–H groups in total. The van der Waals surface area contributed by atoms with Gasteiger partial charge in [0.1, 0.15) is 30.1 Å². The van der Waals surface area contributed by atoms with Crippen molar-refractivity contribution in [3.8, 4) is 17.0 Å². The standard InChI is InChI=1S/C30H24Cl3NO3/c31-25-2-1-3-26(32)28(25)29-24(30(37-34-29)19-8-9-19)16-36-22-10-11-23(27(33)14-22)21-12-20(13-21)18-6-4-17(15-35)5-7-18/h1-7,10-11,14-15,19-21H,8-9,12-13,16H2. The first-order valence-electron chi connectivity index (χ1n) is 12.4. The van der Waals surface area contributed by atoms with Crippen LogP contribution in [0.25, 0.3) is 11.3 Å². The van der Waals surface area contributed by atoms with Crippen LogP contribution in [0.5, 0.6) is 5.75 Å². The largest absolute Gasteiger partial charge is 0.489 e. The van der Waals surface area contributed by atoms with E-state index in [0.717, 1.165) is 48.9 Å². The van der Waals surface area contributed by atoms with Crippen LogP contribution >= 0.6 is 34.8 Å². The Morgan fingerprint density at radius 1 is 0.892 bits per heavy atom. The second kappa shape index (κ2) is 10.2. The molecule has 0 atom stereocenters. The minimum atomic E-state index is 0.282. The number of nitrogens with zero attached hydrogens (tertiary/aromatic N) is 1. The topological polar surface area (TPSA) is 52.3 Å². The summed E-state index contributed by atoms with van der Waals surface area (Å²) < 4.78 is 11.9. The van der Waals surface area contributed by atoms with Crippen molar-refractivity contribution in [2.75, 3.05) is 0 Å². The number of hydrogen-bond donors (Lipinski definition) is 0. The van der Waals surface area contributed by atoms with Gasteiger partial charge in [-0.25, -0.2) is 0 Å². The summed E-state index contributed by atoms with van der Waals surface area (Å²) in [5.41, 5.74) is 5.28. The van der Waals surface area contributed by atoms with Gasteiger partial charge in [-0.1, -0.05) is 76.4 Å². The van der Waals surface area contributed by atoms with Crippen molar-refractivity contribution in [3.05, 3.63) is 104 Å². The van der Waals surface area contributed by atoms with Gasteiger partial charge in [-0.05, 0) is 72.9 Å². The van der Waals surface area contributed by atoms with Crippen molar-refractivity contribution in [1.82, 2.24) is 5.16 Å². The molecule has 2 aliphatic carbocycles. The van der Waals surface area contributed by atoms with E-state index in [4.69, 9.17) is 44.1 Å². The molecule has 0 spiro atoms. The van der Waals surface area contributed by atoms with Crippen LogP contribution in [0.2, 0.25) is 15.1 Å². The molecule has 2 fully saturated rings. The maximum atomic E-state index is 10.9. The van der Waals surface area contributed by atoms with Gasteiger partial charge in [0, 0.05) is 22.1 Å². The molecule has 4 nitrogen and oxygen atoms in total. The third-order valence-corrected chi connectivity index (χ3v) is 8.40. The highest BCUT2D eigenvalue weighted by Crippen LogP contribution is 2.50. The molecule has 1 aromatic heterocycles. The van der Waals surface area contributed by atoms with Crippen LogP contribution in [-0.4, -0.2) is 11.4 Å². The molecule has 188 valence electrons. The Hall–Kier alpha value is -2.79. The quantitative estimate of drug-likeness (QED) is 0.204. The second-order valence-electron chi connectivity index (χ2n) is 9.87. The van der Waals surface area contributed by atoms with Crippen molar-refractivity contribution in [2.24, 2.45) is 0 Å². The van der Waals surface area contributed by atoms with Gasteiger partial charge >= 0.3 is 0 Å². The number of carbonyl (C=O) groups excluding carboxylic acids is 1. The number of rotatable bonds is 8. The number of benzene rings is 3. The fourth-order valence-corrected chi connectivity index (χ4v) is 6.02. The number of aldehydes is 1. The summed E-state index contributed by atoms with van der Waals surface area (Å²) in [5.74, 6) is 2.78. The Morgan fingerprint density at radius 2 is 1.62 bits per heavy atom. The summed E-state index contributed by atoms with van der Waals surface area (Å²) in [6, 6.07) is 19.2. The molecule has 6 rings (SSSR count). The van der Waals surface area contributed by atoms with Crippen LogP contribution in [0.3, 0.4) is 0 Å². The van der Waals surface area contributed by atoms with E-state index in [1.165, 1.54) is 5.56 Å². The van der Waals surface area contributed by atoms with Gasteiger partial charge in [-0.15, -0.1) is 0 Å². The number of hydrogen-bond acceptors (Lipinski definition) is 4. The molecule has 1 heterocycles. The number of carbonyl (C=O) groups is 1. The fraction of sp³-hybridized carbons (Fsp3) is 0.267. The highest BCUT2D eigenvalue weighted by atomic mass is 35.5. The lowest BCUT2D eigenvalue weighted by atomic mass is 9.68. The Balaban J connectivity index is 1.16. The molecule has 0 bridgehead atoms. The monoisotopic (exact) mass is 551 g/mol. The first-order chi connectivity index (χ1) is 18.0. The number of ether oxygens (including phenoxy) is 1.